The Hall–Kier alpha value is -2.35. The number of rotatable bonds is 3. The number of hydrogen-bond acceptors (Lipinski definition) is 7. The van der Waals surface area contributed by atoms with E-state index in [-0.39, 0.29) is 0 Å². The molecule has 0 radical (unpaired) electrons. The van der Waals surface area contributed by atoms with Gasteiger partial charge in [-0.15, -0.1) is 10.2 Å². The maximum absolute atomic E-state index is 4.83. The average molecular weight is 339 g/mol. The molecular weight excluding hydrogens is 318 g/mol. The molecule has 0 atom stereocenters. The van der Waals surface area contributed by atoms with Crippen molar-refractivity contribution in [1.29, 1.82) is 0 Å². The predicted molar refractivity (Wildman–Crippen MR) is 89.1 cm³/mol. The van der Waals surface area contributed by atoms with Gasteiger partial charge < -0.3 is 0 Å². The van der Waals surface area contributed by atoms with Crippen LogP contribution in [0.4, 0.5) is 0 Å². The lowest BCUT2D eigenvalue weighted by molar-refractivity contribution is 0.194. The molecule has 130 valence electrons. The van der Waals surface area contributed by atoms with Crippen LogP contribution in [0.1, 0.15) is 53.7 Å². The van der Waals surface area contributed by atoms with Gasteiger partial charge in [0.1, 0.15) is 11.4 Å². The van der Waals surface area contributed by atoms with Crippen LogP contribution in [0.5, 0.6) is 0 Å². The molecule has 1 aliphatic heterocycles. The SMILES string of the molecule is Cc1nonc1CN1CCC(c2nnc3cc4c(nn23)CCC4)CC1. The topological polar surface area (TPSA) is 85.2 Å². The van der Waals surface area contributed by atoms with Gasteiger partial charge in [-0.2, -0.15) is 9.61 Å². The minimum atomic E-state index is 0.412. The second kappa shape index (κ2) is 5.87. The normalized spacial score (nSPS) is 18.9. The first-order valence-corrected chi connectivity index (χ1v) is 9.02. The molecule has 0 aromatic carbocycles. The van der Waals surface area contributed by atoms with Crippen molar-refractivity contribution in [1.82, 2.24) is 35.0 Å². The summed E-state index contributed by atoms with van der Waals surface area (Å²) in [7, 11) is 0. The fourth-order valence-corrected chi connectivity index (χ4v) is 4.00. The molecule has 0 unspecified atom stereocenters. The fraction of sp³-hybridized carbons (Fsp3) is 0.588. The highest BCUT2D eigenvalue weighted by Gasteiger charge is 2.27. The molecule has 0 amide bonds. The van der Waals surface area contributed by atoms with Crippen LogP contribution in [0.15, 0.2) is 10.7 Å². The molecule has 3 aromatic rings. The summed E-state index contributed by atoms with van der Waals surface area (Å²) in [6, 6.07) is 2.17. The van der Waals surface area contributed by atoms with E-state index in [0.29, 0.717) is 5.92 Å². The Morgan fingerprint density at radius 2 is 2.04 bits per heavy atom. The minimum absolute atomic E-state index is 0.412. The third kappa shape index (κ3) is 2.60. The van der Waals surface area contributed by atoms with E-state index in [4.69, 9.17) is 9.73 Å². The summed E-state index contributed by atoms with van der Waals surface area (Å²) >= 11 is 0. The molecule has 4 heterocycles. The molecule has 3 aromatic heterocycles. The van der Waals surface area contributed by atoms with Gasteiger partial charge in [0, 0.05) is 12.5 Å². The van der Waals surface area contributed by atoms with Crippen LogP contribution >= 0.6 is 0 Å². The standard InChI is InChI=1S/C17H21N7O/c1-11-15(22-25-21-11)10-23-7-5-12(6-8-23)17-19-18-16-9-13-3-2-4-14(13)20-24(16)17/h9,12H,2-8,10H2,1H3. The number of fused-ring (bicyclic) bond motifs is 2. The Morgan fingerprint density at radius 1 is 1.16 bits per heavy atom. The lowest BCUT2D eigenvalue weighted by Gasteiger charge is -2.30. The second-order valence-corrected chi connectivity index (χ2v) is 7.14. The summed E-state index contributed by atoms with van der Waals surface area (Å²) < 4.78 is 6.78. The largest absolute Gasteiger partial charge is 0.297 e. The van der Waals surface area contributed by atoms with Crippen molar-refractivity contribution in [3.8, 4) is 0 Å². The van der Waals surface area contributed by atoms with Crippen molar-refractivity contribution in [2.45, 2.75) is 51.5 Å². The molecule has 0 saturated carbocycles. The summed E-state index contributed by atoms with van der Waals surface area (Å²) in [5.41, 5.74) is 5.27. The molecule has 8 heteroatoms. The van der Waals surface area contributed by atoms with Crippen LogP contribution in [0.2, 0.25) is 0 Å². The zero-order chi connectivity index (χ0) is 16.8. The molecule has 0 spiro atoms. The van der Waals surface area contributed by atoms with Crippen molar-refractivity contribution >= 4 is 5.65 Å². The van der Waals surface area contributed by atoms with Crippen LogP contribution in [0.3, 0.4) is 0 Å². The summed E-state index contributed by atoms with van der Waals surface area (Å²) in [5, 5.41) is 21.5. The van der Waals surface area contributed by atoms with E-state index >= 15 is 0 Å². The number of piperidine rings is 1. The summed E-state index contributed by atoms with van der Waals surface area (Å²) in [6.07, 6.45) is 5.52. The maximum Gasteiger partial charge on any atom is 0.178 e. The highest BCUT2D eigenvalue weighted by molar-refractivity contribution is 5.43. The van der Waals surface area contributed by atoms with E-state index in [2.05, 4.69) is 31.5 Å². The van der Waals surface area contributed by atoms with Crippen molar-refractivity contribution in [2.24, 2.45) is 0 Å². The molecule has 25 heavy (non-hydrogen) atoms. The van der Waals surface area contributed by atoms with Gasteiger partial charge in [0.15, 0.2) is 11.5 Å². The lowest BCUT2D eigenvalue weighted by atomic mass is 9.96. The third-order valence-corrected chi connectivity index (χ3v) is 5.52. The molecule has 1 aliphatic carbocycles. The van der Waals surface area contributed by atoms with Crippen LogP contribution in [0, 0.1) is 6.92 Å². The van der Waals surface area contributed by atoms with Crippen LogP contribution < -0.4 is 0 Å². The van der Waals surface area contributed by atoms with Gasteiger partial charge in [0.05, 0.1) is 5.69 Å². The molecule has 8 nitrogen and oxygen atoms in total. The molecule has 0 N–H and O–H groups in total. The maximum atomic E-state index is 4.83. The van der Waals surface area contributed by atoms with E-state index in [0.717, 1.165) is 68.2 Å². The van der Waals surface area contributed by atoms with Crippen LogP contribution in [-0.4, -0.2) is 48.1 Å². The second-order valence-electron chi connectivity index (χ2n) is 7.14. The third-order valence-electron chi connectivity index (χ3n) is 5.52. The van der Waals surface area contributed by atoms with Gasteiger partial charge in [-0.1, -0.05) is 10.3 Å². The first-order valence-electron chi connectivity index (χ1n) is 9.02. The smallest absolute Gasteiger partial charge is 0.178 e. The number of nitrogens with zero attached hydrogens (tertiary/aromatic N) is 7. The van der Waals surface area contributed by atoms with E-state index in [1.54, 1.807) is 0 Å². The highest BCUT2D eigenvalue weighted by atomic mass is 16.6. The molecule has 1 saturated heterocycles. The first-order chi connectivity index (χ1) is 12.3. The molecular formula is C17H21N7O. The average Bonchev–Trinajstić information content (AvgIpc) is 3.34. The van der Waals surface area contributed by atoms with Gasteiger partial charge >= 0.3 is 0 Å². The molecule has 1 fully saturated rings. The number of likely N-dealkylation sites (tertiary alicyclic amines) is 1. The highest BCUT2D eigenvalue weighted by Crippen LogP contribution is 2.29. The van der Waals surface area contributed by atoms with E-state index < -0.39 is 0 Å². The van der Waals surface area contributed by atoms with Gasteiger partial charge in [-0.3, -0.25) is 4.90 Å². The van der Waals surface area contributed by atoms with E-state index in [1.807, 2.05) is 11.4 Å². The van der Waals surface area contributed by atoms with Crippen molar-refractivity contribution in [3.05, 3.63) is 34.5 Å². The number of hydrogen-bond donors (Lipinski definition) is 0. The fourth-order valence-electron chi connectivity index (χ4n) is 4.00. The minimum Gasteiger partial charge on any atom is -0.297 e. The number of aromatic nitrogens is 6. The van der Waals surface area contributed by atoms with Crippen molar-refractivity contribution in [2.75, 3.05) is 13.1 Å². The molecule has 0 bridgehead atoms. The predicted octanol–water partition coefficient (Wildman–Crippen LogP) is 1.68. The van der Waals surface area contributed by atoms with Crippen molar-refractivity contribution < 1.29 is 4.63 Å². The van der Waals surface area contributed by atoms with Gasteiger partial charge in [-0.25, -0.2) is 4.63 Å². The van der Waals surface area contributed by atoms with Gasteiger partial charge in [0.2, 0.25) is 0 Å². The Bertz CT molecular complexity index is 907. The zero-order valence-electron chi connectivity index (χ0n) is 14.4. The zero-order valence-corrected chi connectivity index (χ0v) is 14.4. The lowest BCUT2D eigenvalue weighted by Crippen LogP contribution is -2.33. The van der Waals surface area contributed by atoms with E-state index in [9.17, 15) is 0 Å². The van der Waals surface area contributed by atoms with Gasteiger partial charge in [-0.05, 0) is 63.7 Å². The monoisotopic (exact) mass is 339 g/mol. The summed E-state index contributed by atoms with van der Waals surface area (Å²) in [4.78, 5) is 2.40. The number of aryl methyl sites for hydroxylation is 3. The Balaban J connectivity index is 1.32. The quantitative estimate of drug-likeness (QED) is 0.717. The first kappa shape index (κ1) is 14.9. The Kier molecular flexibility index (Phi) is 3.51. The van der Waals surface area contributed by atoms with Crippen LogP contribution in [0.25, 0.3) is 5.65 Å². The Morgan fingerprint density at radius 3 is 2.84 bits per heavy atom. The molecule has 2 aliphatic rings. The Labute approximate surface area is 145 Å². The van der Waals surface area contributed by atoms with Crippen molar-refractivity contribution in [3.63, 3.8) is 0 Å². The van der Waals surface area contributed by atoms with E-state index in [1.165, 1.54) is 17.7 Å². The molecule has 5 rings (SSSR count). The van der Waals surface area contributed by atoms with Crippen LogP contribution in [-0.2, 0) is 19.4 Å². The summed E-state index contributed by atoms with van der Waals surface area (Å²) in [6.45, 7) is 4.76. The van der Waals surface area contributed by atoms with Gasteiger partial charge in [0.25, 0.3) is 0 Å². The summed E-state index contributed by atoms with van der Waals surface area (Å²) in [5.74, 6) is 1.43.